The molecule has 1 N–H and O–H groups in total. The Labute approximate surface area is 202 Å². The van der Waals surface area contributed by atoms with E-state index < -0.39 is 0 Å². The van der Waals surface area contributed by atoms with Gasteiger partial charge in [0.1, 0.15) is 10.9 Å². The van der Waals surface area contributed by atoms with Crippen LogP contribution >= 0.6 is 11.6 Å². The van der Waals surface area contributed by atoms with E-state index in [4.69, 9.17) is 20.8 Å². The van der Waals surface area contributed by atoms with Crippen molar-refractivity contribution in [2.45, 2.75) is 19.3 Å². The third-order valence-electron chi connectivity index (χ3n) is 6.49. The normalized spacial score (nSPS) is 17.4. The molecule has 2 aromatic heterocycles. The number of amides is 3. The minimum Gasteiger partial charge on any atom is -0.481 e. The van der Waals surface area contributed by atoms with Crippen LogP contribution in [0, 0.1) is 5.41 Å². The quantitative estimate of drug-likeness (QED) is 0.497. The van der Waals surface area contributed by atoms with Crippen molar-refractivity contribution in [3.8, 4) is 5.88 Å². The number of carbonyl (C=O) groups excluding carboxylic acids is 3. The number of likely N-dealkylation sites (tertiary alicyclic amines) is 2. The molecule has 0 bridgehead atoms. The molecule has 2 saturated heterocycles. The molecule has 4 heterocycles. The molecule has 0 aromatic carbocycles. The van der Waals surface area contributed by atoms with Crippen LogP contribution in [0.4, 0.5) is 0 Å². The zero-order chi connectivity index (χ0) is 24.1. The summed E-state index contributed by atoms with van der Waals surface area (Å²) in [5, 5.41) is 2.84. The Bertz CT molecular complexity index is 1080. The Balaban J connectivity index is 1.25. The highest BCUT2D eigenvalue weighted by atomic mass is 35.5. The van der Waals surface area contributed by atoms with Gasteiger partial charge in [-0.25, -0.2) is 4.98 Å². The van der Waals surface area contributed by atoms with Crippen molar-refractivity contribution >= 4 is 35.4 Å². The molecule has 180 valence electrons. The lowest BCUT2D eigenvalue weighted by molar-refractivity contribution is -0.131. The van der Waals surface area contributed by atoms with Gasteiger partial charge in [-0.3, -0.25) is 14.4 Å². The van der Waals surface area contributed by atoms with Crippen molar-refractivity contribution < 1.29 is 23.5 Å². The molecule has 0 atom stereocenters. The summed E-state index contributed by atoms with van der Waals surface area (Å²) in [6.07, 6.45) is 6.94. The number of piperidine rings is 1. The minimum absolute atomic E-state index is 0.00319. The van der Waals surface area contributed by atoms with Crippen LogP contribution < -0.4 is 10.1 Å². The molecule has 0 radical (unpaired) electrons. The third kappa shape index (κ3) is 5.59. The topological polar surface area (TPSA) is 105 Å². The lowest BCUT2D eigenvalue weighted by atomic mass is 9.77. The van der Waals surface area contributed by atoms with E-state index in [-0.39, 0.29) is 34.8 Å². The fourth-order valence-corrected chi connectivity index (χ4v) is 4.70. The molecular weight excluding hydrogens is 460 g/mol. The number of rotatable bonds is 6. The molecular formula is C24H27ClN4O5. The summed E-state index contributed by atoms with van der Waals surface area (Å²) >= 11 is 6.01. The number of hydrogen-bond donors (Lipinski definition) is 1. The average Bonchev–Trinajstić information content (AvgIpc) is 3.51. The van der Waals surface area contributed by atoms with Gasteiger partial charge in [0.15, 0.2) is 0 Å². The second-order valence-electron chi connectivity index (χ2n) is 8.64. The van der Waals surface area contributed by atoms with Crippen LogP contribution in [-0.4, -0.2) is 72.3 Å². The number of ether oxygens (including phenoxy) is 1. The summed E-state index contributed by atoms with van der Waals surface area (Å²) in [5.74, 6) is 0.317. The standard InChI is InChI=1S/C24H27ClN4O5/c1-33-21-14-17(13-19(25)27-21)23(32)28-9-6-24(7-10-28)8-11-29(16-24)22(31)15-26-20(30)5-4-18-3-2-12-34-18/h2-5,12-14H,6-11,15-16H2,1H3,(H,26,30). The van der Waals surface area contributed by atoms with E-state index in [9.17, 15) is 14.4 Å². The number of aromatic nitrogens is 1. The highest BCUT2D eigenvalue weighted by Gasteiger charge is 2.42. The van der Waals surface area contributed by atoms with Crippen molar-refractivity contribution in [2.24, 2.45) is 5.41 Å². The number of carbonyl (C=O) groups is 3. The number of methoxy groups -OCH3 is 1. The Kier molecular flexibility index (Phi) is 7.21. The molecule has 9 nitrogen and oxygen atoms in total. The van der Waals surface area contributed by atoms with Crippen LogP contribution in [0.2, 0.25) is 5.15 Å². The second-order valence-corrected chi connectivity index (χ2v) is 9.03. The van der Waals surface area contributed by atoms with Gasteiger partial charge in [-0.15, -0.1) is 0 Å². The smallest absolute Gasteiger partial charge is 0.254 e. The average molecular weight is 487 g/mol. The highest BCUT2D eigenvalue weighted by molar-refractivity contribution is 6.29. The first kappa shape index (κ1) is 23.8. The number of nitrogens with zero attached hydrogens (tertiary/aromatic N) is 3. The molecule has 2 aromatic rings. The van der Waals surface area contributed by atoms with E-state index in [0.29, 0.717) is 43.4 Å². The number of furan rings is 1. The van der Waals surface area contributed by atoms with E-state index in [1.807, 2.05) is 9.80 Å². The molecule has 0 saturated carbocycles. The van der Waals surface area contributed by atoms with E-state index in [1.54, 1.807) is 30.3 Å². The van der Waals surface area contributed by atoms with Crippen LogP contribution in [0.3, 0.4) is 0 Å². The summed E-state index contributed by atoms with van der Waals surface area (Å²) < 4.78 is 10.2. The fraction of sp³-hybridized carbons (Fsp3) is 0.417. The Morgan fingerprint density at radius 2 is 1.94 bits per heavy atom. The van der Waals surface area contributed by atoms with Gasteiger partial charge in [0.25, 0.3) is 5.91 Å². The van der Waals surface area contributed by atoms with E-state index >= 15 is 0 Å². The van der Waals surface area contributed by atoms with E-state index in [2.05, 4.69) is 10.3 Å². The fourth-order valence-electron chi connectivity index (χ4n) is 4.50. The summed E-state index contributed by atoms with van der Waals surface area (Å²) in [7, 11) is 1.48. The van der Waals surface area contributed by atoms with Crippen molar-refractivity contribution in [3.63, 3.8) is 0 Å². The first-order valence-corrected chi connectivity index (χ1v) is 11.5. The molecule has 0 aliphatic carbocycles. The number of halogens is 1. The Morgan fingerprint density at radius 1 is 1.21 bits per heavy atom. The second kappa shape index (κ2) is 10.3. The van der Waals surface area contributed by atoms with Crippen LogP contribution in [0.25, 0.3) is 6.08 Å². The van der Waals surface area contributed by atoms with Crippen LogP contribution in [0.15, 0.2) is 41.0 Å². The predicted octanol–water partition coefficient (Wildman–Crippen LogP) is 2.62. The molecule has 4 rings (SSSR count). The number of hydrogen-bond acceptors (Lipinski definition) is 6. The first-order chi connectivity index (χ1) is 16.4. The SMILES string of the molecule is COc1cc(C(=O)N2CCC3(CCN(C(=O)CNC(=O)C=Cc4ccco4)C3)CC2)cc(Cl)n1. The maximum atomic E-state index is 12.9. The largest absolute Gasteiger partial charge is 0.481 e. The molecule has 34 heavy (non-hydrogen) atoms. The maximum absolute atomic E-state index is 12.9. The monoisotopic (exact) mass is 486 g/mol. The molecule has 3 amide bonds. The summed E-state index contributed by atoms with van der Waals surface area (Å²) in [4.78, 5) is 45.2. The lowest BCUT2D eigenvalue weighted by Gasteiger charge is -2.39. The van der Waals surface area contributed by atoms with Crippen molar-refractivity contribution in [1.29, 1.82) is 0 Å². The maximum Gasteiger partial charge on any atom is 0.254 e. The summed E-state index contributed by atoms with van der Waals surface area (Å²) in [6.45, 7) is 2.46. The van der Waals surface area contributed by atoms with Crippen molar-refractivity contribution in [2.75, 3.05) is 39.8 Å². The molecule has 1 spiro atoms. The first-order valence-electron chi connectivity index (χ1n) is 11.2. The van der Waals surface area contributed by atoms with E-state index in [1.165, 1.54) is 19.4 Å². The van der Waals surface area contributed by atoms with Gasteiger partial charge >= 0.3 is 0 Å². The van der Waals surface area contributed by atoms with E-state index in [0.717, 1.165) is 19.3 Å². The zero-order valence-corrected chi connectivity index (χ0v) is 19.7. The van der Waals surface area contributed by atoms with Gasteiger partial charge < -0.3 is 24.3 Å². The number of pyridine rings is 1. The van der Waals surface area contributed by atoms with Crippen LogP contribution in [0.5, 0.6) is 5.88 Å². The van der Waals surface area contributed by atoms with Crippen molar-refractivity contribution in [3.05, 3.63) is 53.1 Å². The minimum atomic E-state index is -0.349. The van der Waals surface area contributed by atoms with Gasteiger partial charge in [0.05, 0.1) is 19.9 Å². The summed E-state index contributed by atoms with van der Waals surface area (Å²) in [6, 6.07) is 6.61. The van der Waals surface area contributed by atoms with Gasteiger partial charge in [0, 0.05) is 43.9 Å². The van der Waals surface area contributed by atoms with Crippen molar-refractivity contribution in [1.82, 2.24) is 20.1 Å². The van der Waals surface area contributed by atoms with Gasteiger partial charge in [-0.05, 0) is 49.0 Å². The molecule has 10 heteroatoms. The van der Waals surface area contributed by atoms with Gasteiger partial charge in [0.2, 0.25) is 17.7 Å². The highest BCUT2D eigenvalue weighted by Crippen LogP contribution is 2.40. The number of nitrogens with one attached hydrogen (secondary N) is 1. The molecule has 2 aliphatic heterocycles. The Morgan fingerprint density at radius 3 is 2.62 bits per heavy atom. The summed E-state index contributed by atoms with van der Waals surface area (Å²) in [5.41, 5.74) is 0.455. The molecule has 2 fully saturated rings. The lowest BCUT2D eigenvalue weighted by Crippen LogP contribution is -2.45. The van der Waals surface area contributed by atoms with Crippen LogP contribution in [-0.2, 0) is 9.59 Å². The van der Waals surface area contributed by atoms with Crippen LogP contribution in [0.1, 0.15) is 35.4 Å². The third-order valence-corrected chi connectivity index (χ3v) is 6.68. The Hall–Kier alpha value is -3.33. The van der Waals surface area contributed by atoms with Gasteiger partial charge in [-0.1, -0.05) is 11.6 Å². The molecule has 0 unspecified atom stereocenters. The predicted molar refractivity (Wildman–Crippen MR) is 125 cm³/mol. The zero-order valence-electron chi connectivity index (χ0n) is 19.0. The molecule has 2 aliphatic rings. The van der Waals surface area contributed by atoms with Gasteiger partial charge in [-0.2, -0.15) is 0 Å².